The van der Waals surface area contributed by atoms with Crippen molar-refractivity contribution < 1.29 is 143 Å². The summed E-state index contributed by atoms with van der Waals surface area (Å²) in [5.74, 6) is -1.86. The van der Waals surface area contributed by atoms with Crippen molar-refractivity contribution in [1.82, 2.24) is 0 Å². The number of aliphatic hydroxyl groups is 14. The number of hydrogen-bond acceptors (Lipinski definition) is 28. The molecule has 15 N–H and O–H groups in total. The molecule has 0 amide bonds. The van der Waals surface area contributed by atoms with Crippen LogP contribution in [-0.2, 0) is 66.4 Å². The average Bonchev–Trinajstić information content (AvgIpc) is 3.29. The van der Waals surface area contributed by atoms with E-state index in [2.05, 4.69) is 0 Å². The molecule has 30 atom stereocenters. The van der Waals surface area contributed by atoms with Gasteiger partial charge in [-0.05, 0) is 20.8 Å². The fraction of sp³-hybridized carbons (Fsp3) is 0.974. The Morgan fingerprint density at radius 1 is 0.373 bits per heavy atom. The summed E-state index contributed by atoms with van der Waals surface area (Å²) in [6.45, 7) is 2.30. The number of aliphatic hydroxyl groups excluding tert-OH is 14. The minimum absolute atomic E-state index is 0.860. The molecule has 30 unspecified atom stereocenters. The Morgan fingerprint density at radius 2 is 0.776 bits per heavy atom. The van der Waals surface area contributed by atoms with E-state index in [1.54, 1.807) is 0 Å². The molecule has 0 aromatic heterocycles. The van der Waals surface area contributed by atoms with Gasteiger partial charge >= 0.3 is 5.97 Å². The van der Waals surface area contributed by atoms with Crippen molar-refractivity contribution in [2.45, 2.75) is 205 Å². The normalized spacial score (nSPS) is 53.3. The van der Waals surface area contributed by atoms with Gasteiger partial charge in [0, 0.05) is 14.2 Å². The Bertz CT molecular complexity index is 1570. The van der Waals surface area contributed by atoms with E-state index in [0.29, 0.717) is 0 Å². The van der Waals surface area contributed by atoms with Crippen LogP contribution in [0.5, 0.6) is 0 Å². The van der Waals surface area contributed by atoms with E-state index in [1.807, 2.05) is 0 Å². The molecule has 0 saturated carbocycles. The van der Waals surface area contributed by atoms with Crippen molar-refractivity contribution in [1.29, 1.82) is 0 Å². The van der Waals surface area contributed by atoms with Crippen molar-refractivity contribution in [3.05, 3.63) is 0 Å². The predicted molar refractivity (Wildman–Crippen MR) is 205 cm³/mol. The Balaban J connectivity index is 1.22. The third kappa shape index (κ3) is 11.1. The first-order chi connectivity index (χ1) is 31.6. The summed E-state index contributed by atoms with van der Waals surface area (Å²) < 4.78 is 73.2. The quantitative estimate of drug-likeness (QED) is 0.0724. The predicted octanol–water partition coefficient (Wildman–Crippen LogP) is -9.62. The van der Waals surface area contributed by atoms with Gasteiger partial charge in [0.05, 0.1) is 31.5 Å². The molecule has 67 heavy (non-hydrogen) atoms. The van der Waals surface area contributed by atoms with Crippen molar-refractivity contribution >= 4 is 5.97 Å². The Morgan fingerprint density at radius 3 is 1.33 bits per heavy atom. The maximum Gasteiger partial charge on any atom is 0.335 e. The maximum absolute atomic E-state index is 12.8. The van der Waals surface area contributed by atoms with Crippen LogP contribution < -0.4 is 0 Å². The molecule has 6 aliphatic rings. The lowest BCUT2D eigenvalue weighted by atomic mass is 9.95. The lowest BCUT2D eigenvalue weighted by Gasteiger charge is -2.50. The van der Waals surface area contributed by atoms with Crippen LogP contribution in [0.1, 0.15) is 20.8 Å². The van der Waals surface area contributed by atoms with Crippen LogP contribution in [0.15, 0.2) is 0 Å². The third-order valence-electron chi connectivity index (χ3n) is 12.7. The molecule has 6 fully saturated rings. The number of rotatable bonds is 15. The van der Waals surface area contributed by atoms with Crippen LogP contribution in [0.3, 0.4) is 0 Å². The molecule has 29 nitrogen and oxygen atoms in total. The molecular weight excluding hydrogens is 920 g/mol. The highest BCUT2D eigenvalue weighted by Crippen LogP contribution is 2.37. The molecule has 0 bridgehead atoms. The monoisotopic (exact) mass is 984 g/mol. The van der Waals surface area contributed by atoms with Crippen LogP contribution in [0.25, 0.3) is 0 Å². The number of carboxylic acids is 1. The van der Waals surface area contributed by atoms with Gasteiger partial charge in [-0.25, -0.2) is 4.79 Å². The maximum atomic E-state index is 12.8. The minimum atomic E-state index is -2.33. The first-order valence-electron chi connectivity index (χ1n) is 21.5. The molecule has 6 saturated heterocycles. The minimum Gasteiger partial charge on any atom is -0.479 e. The molecule has 29 heteroatoms. The standard InChI is InChI=1S/C38H64O29/c1-8-13(41)17(45)21(49)33(57-8)67-31-27(16(44)12(7-40)61-37(31)56-5)63-35-23(51)20(48)28(30(66-35)32(53)54)64-38-29(18(46)14(42)9(2)58-38)65-36-24(52)26(15(43)11(6-39)60-36)62-34-22(50)19(47)25(55-4)10(3)59-34/h8-31,33-52H,6-7H2,1-5H3,(H,53,54). The van der Waals surface area contributed by atoms with Gasteiger partial charge in [-0.1, -0.05) is 0 Å². The second kappa shape index (κ2) is 22.9. The second-order valence-corrected chi connectivity index (χ2v) is 17.2. The molecule has 0 aromatic rings. The average molecular weight is 985 g/mol. The van der Waals surface area contributed by atoms with Crippen molar-refractivity contribution in [3.8, 4) is 0 Å². The van der Waals surface area contributed by atoms with Crippen LogP contribution in [-0.4, -0.2) is 294 Å². The van der Waals surface area contributed by atoms with E-state index in [9.17, 15) is 81.4 Å². The smallest absolute Gasteiger partial charge is 0.335 e. The molecule has 6 heterocycles. The summed E-state index contributed by atoms with van der Waals surface area (Å²) in [4.78, 5) is 12.8. The van der Waals surface area contributed by atoms with Crippen molar-refractivity contribution in [2.75, 3.05) is 27.4 Å². The van der Waals surface area contributed by atoms with Crippen LogP contribution in [0.2, 0.25) is 0 Å². The van der Waals surface area contributed by atoms with Gasteiger partial charge in [-0.2, -0.15) is 0 Å². The van der Waals surface area contributed by atoms with Crippen LogP contribution >= 0.6 is 0 Å². The van der Waals surface area contributed by atoms with Gasteiger partial charge in [0.1, 0.15) is 122 Å². The van der Waals surface area contributed by atoms with E-state index in [0.717, 1.165) is 7.11 Å². The third-order valence-corrected chi connectivity index (χ3v) is 12.7. The molecule has 0 aromatic carbocycles. The number of aliphatic carboxylic acids is 1. The lowest BCUT2D eigenvalue weighted by molar-refractivity contribution is -0.402. The van der Waals surface area contributed by atoms with Crippen LogP contribution in [0, 0.1) is 0 Å². The summed E-state index contributed by atoms with van der Waals surface area (Å²) in [7, 11) is 2.38. The topological polar surface area (TPSA) is 441 Å². The molecule has 0 aliphatic carbocycles. The summed E-state index contributed by atoms with van der Waals surface area (Å²) >= 11 is 0. The molecule has 0 spiro atoms. The molecule has 0 radical (unpaired) electrons. The Labute approximate surface area is 381 Å². The highest BCUT2D eigenvalue weighted by molar-refractivity contribution is 5.73. The molecule has 390 valence electrons. The van der Waals surface area contributed by atoms with E-state index in [-0.39, 0.29) is 0 Å². The lowest BCUT2D eigenvalue weighted by Crippen LogP contribution is -2.68. The van der Waals surface area contributed by atoms with Gasteiger partial charge in [0.15, 0.2) is 43.8 Å². The number of ether oxygens (including phenoxy) is 13. The van der Waals surface area contributed by atoms with Gasteiger partial charge < -0.3 is 138 Å². The zero-order valence-electron chi connectivity index (χ0n) is 36.7. The van der Waals surface area contributed by atoms with E-state index >= 15 is 0 Å². The van der Waals surface area contributed by atoms with Crippen LogP contribution in [0.4, 0.5) is 0 Å². The van der Waals surface area contributed by atoms with E-state index in [1.165, 1.54) is 27.9 Å². The summed E-state index contributed by atoms with van der Waals surface area (Å²) in [6.07, 6.45) is -53.5. The summed E-state index contributed by atoms with van der Waals surface area (Å²) in [5, 5.41) is 162. The Kier molecular flexibility index (Phi) is 18.7. The number of carboxylic acid groups (broad SMARTS) is 1. The first kappa shape index (κ1) is 54.7. The zero-order chi connectivity index (χ0) is 49.5. The van der Waals surface area contributed by atoms with Crippen molar-refractivity contribution in [3.63, 3.8) is 0 Å². The molecule has 6 aliphatic heterocycles. The molecular formula is C38H64O29. The SMILES string of the molecule is COC1OC(CO)C(O)C(OC2OC(C(=O)O)C(OC3OC(C)C(O)C(O)C3OC3OC(CO)C(O)C(OC4OC(C)C(OC)C(O)C4O)C3O)C(O)C2O)C1OC1OC(C)C(O)C(O)C1O. The zero-order valence-corrected chi connectivity index (χ0v) is 36.7. The fourth-order valence-corrected chi connectivity index (χ4v) is 8.76. The first-order valence-corrected chi connectivity index (χ1v) is 21.5. The molecule has 6 rings (SSSR count). The second-order valence-electron chi connectivity index (χ2n) is 17.2. The van der Waals surface area contributed by atoms with Gasteiger partial charge in [-0.15, -0.1) is 0 Å². The Hall–Kier alpha value is -1.61. The van der Waals surface area contributed by atoms with Gasteiger partial charge in [-0.3, -0.25) is 0 Å². The van der Waals surface area contributed by atoms with E-state index < -0.39 is 203 Å². The van der Waals surface area contributed by atoms with Gasteiger partial charge in [0.25, 0.3) is 0 Å². The van der Waals surface area contributed by atoms with Crippen molar-refractivity contribution in [2.24, 2.45) is 0 Å². The van der Waals surface area contributed by atoms with Gasteiger partial charge in [0.2, 0.25) is 0 Å². The highest BCUT2D eigenvalue weighted by Gasteiger charge is 2.58. The highest BCUT2D eigenvalue weighted by atomic mass is 16.8. The number of hydrogen-bond donors (Lipinski definition) is 15. The summed E-state index contributed by atoms with van der Waals surface area (Å²) in [5.41, 5.74) is 0. The number of methoxy groups -OCH3 is 2. The number of carbonyl (C=O) groups is 1. The fourth-order valence-electron chi connectivity index (χ4n) is 8.76. The largest absolute Gasteiger partial charge is 0.479 e. The summed E-state index contributed by atoms with van der Waals surface area (Å²) in [6, 6.07) is 0. The van der Waals surface area contributed by atoms with E-state index in [4.69, 9.17) is 61.6 Å².